The summed E-state index contributed by atoms with van der Waals surface area (Å²) in [4.78, 5) is 24.2. The predicted octanol–water partition coefficient (Wildman–Crippen LogP) is 5.85. The van der Waals surface area contributed by atoms with E-state index in [0.717, 1.165) is 0 Å². The third-order valence-electron chi connectivity index (χ3n) is 3.38. The Morgan fingerprint density at radius 3 is 1.96 bits per heavy atom. The van der Waals surface area contributed by atoms with Crippen molar-refractivity contribution < 1.29 is 14.0 Å². The van der Waals surface area contributed by atoms with E-state index in [1.54, 1.807) is 48.5 Å². The molecule has 2 N–H and O–H groups in total. The topological polar surface area (TPSA) is 71.3 Å². The molecule has 0 radical (unpaired) electrons. The van der Waals surface area contributed by atoms with Gasteiger partial charge in [0.25, 0.3) is 11.8 Å². The summed E-state index contributed by atoms with van der Waals surface area (Å²) in [6.07, 6.45) is 0. The highest BCUT2D eigenvalue weighted by atomic mass is 79.9. The van der Waals surface area contributed by atoms with Gasteiger partial charge in [-0.1, -0.05) is 23.2 Å². The molecule has 2 amide bonds. The average molecular weight is 454 g/mol. The van der Waals surface area contributed by atoms with E-state index in [0.29, 0.717) is 31.7 Å². The fourth-order valence-corrected chi connectivity index (χ4v) is 2.71. The molecule has 0 aliphatic rings. The molecule has 26 heavy (non-hydrogen) atoms. The second kappa shape index (κ2) is 7.95. The van der Waals surface area contributed by atoms with Gasteiger partial charge >= 0.3 is 0 Å². The SMILES string of the molecule is O=C(Nc1ccc(NC(=O)c2ccc(Br)o2)cc1)c1ccc(Cl)c(Cl)c1. The minimum atomic E-state index is -0.372. The van der Waals surface area contributed by atoms with Crippen molar-refractivity contribution in [2.24, 2.45) is 0 Å². The molecule has 8 heteroatoms. The molecule has 1 aromatic heterocycles. The minimum absolute atomic E-state index is 0.189. The van der Waals surface area contributed by atoms with E-state index in [9.17, 15) is 9.59 Å². The smallest absolute Gasteiger partial charge is 0.291 e. The summed E-state index contributed by atoms with van der Waals surface area (Å²) in [7, 11) is 0. The van der Waals surface area contributed by atoms with Crippen molar-refractivity contribution in [3.8, 4) is 0 Å². The van der Waals surface area contributed by atoms with Crippen LogP contribution in [0.2, 0.25) is 10.0 Å². The zero-order chi connectivity index (χ0) is 18.7. The molecule has 0 aliphatic carbocycles. The van der Waals surface area contributed by atoms with Crippen molar-refractivity contribution in [3.63, 3.8) is 0 Å². The van der Waals surface area contributed by atoms with Crippen LogP contribution < -0.4 is 10.6 Å². The molecule has 3 rings (SSSR count). The van der Waals surface area contributed by atoms with Crippen molar-refractivity contribution in [1.29, 1.82) is 0 Å². The summed E-state index contributed by atoms with van der Waals surface area (Å²) >= 11 is 14.9. The van der Waals surface area contributed by atoms with Gasteiger partial charge in [0.05, 0.1) is 10.0 Å². The van der Waals surface area contributed by atoms with Crippen LogP contribution in [0.3, 0.4) is 0 Å². The molecule has 132 valence electrons. The van der Waals surface area contributed by atoms with Gasteiger partial charge < -0.3 is 15.1 Å². The van der Waals surface area contributed by atoms with Crippen LogP contribution in [-0.2, 0) is 0 Å². The van der Waals surface area contributed by atoms with Crippen molar-refractivity contribution in [2.75, 3.05) is 10.6 Å². The molecule has 0 atom stereocenters. The Labute approximate surface area is 167 Å². The monoisotopic (exact) mass is 452 g/mol. The van der Waals surface area contributed by atoms with Gasteiger partial charge in [-0.05, 0) is 70.5 Å². The fourth-order valence-electron chi connectivity index (χ4n) is 2.11. The van der Waals surface area contributed by atoms with Crippen molar-refractivity contribution in [2.45, 2.75) is 0 Å². The Morgan fingerprint density at radius 2 is 1.42 bits per heavy atom. The van der Waals surface area contributed by atoms with Crippen LogP contribution in [0.5, 0.6) is 0 Å². The molecule has 5 nitrogen and oxygen atoms in total. The van der Waals surface area contributed by atoms with E-state index >= 15 is 0 Å². The lowest BCUT2D eigenvalue weighted by atomic mass is 10.2. The summed E-state index contributed by atoms with van der Waals surface area (Å²) in [6, 6.07) is 14.5. The summed E-state index contributed by atoms with van der Waals surface area (Å²) < 4.78 is 5.66. The zero-order valence-corrected chi connectivity index (χ0v) is 16.2. The Kier molecular flexibility index (Phi) is 5.66. The summed E-state index contributed by atoms with van der Waals surface area (Å²) in [6.45, 7) is 0. The molecule has 0 aliphatic heterocycles. The normalized spacial score (nSPS) is 10.4. The Balaban J connectivity index is 1.64. The van der Waals surface area contributed by atoms with Gasteiger partial charge in [-0.25, -0.2) is 0 Å². The van der Waals surface area contributed by atoms with Crippen LogP contribution in [0.4, 0.5) is 11.4 Å². The highest BCUT2D eigenvalue weighted by Crippen LogP contribution is 2.23. The van der Waals surface area contributed by atoms with E-state index in [1.807, 2.05) is 0 Å². The number of anilines is 2. The van der Waals surface area contributed by atoms with Crippen LogP contribution in [0.1, 0.15) is 20.9 Å². The number of carbonyl (C=O) groups is 2. The second-order valence-electron chi connectivity index (χ2n) is 5.22. The van der Waals surface area contributed by atoms with Crippen LogP contribution in [0.15, 0.2) is 63.7 Å². The second-order valence-corrected chi connectivity index (χ2v) is 6.81. The largest absolute Gasteiger partial charge is 0.444 e. The minimum Gasteiger partial charge on any atom is -0.444 e. The standard InChI is InChI=1S/C18H11BrCl2N2O3/c19-16-8-7-15(26-16)18(25)23-12-4-2-11(3-5-12)22-17(24)10-1-6-13(20)14(21)9-10/h1-9H,(H,22,24)(H,23,25). The predicted molar refractivity (Wildman–Crippen MR) is 105 cm³/mol. The first-order valence-corrected chi connectivity index (χ1v) is 8.90. The lowest BCUT2D eigenvalue weighted by Gasteiger charge is -2.08. The molecule has 0 saturated carbocycles. The molecule has 0 fully saturated rings. The molecule has 2 aromatic carbocycles. The molecule has 0 spiro atoms. The number of hydrogen-bond donors (Lipinski definition) is 2. The van der Waals surface area contributed by atoms with E-state index in [1.165, 1.54) is 6.07 Å². The van der Waals surface area contributed by atoms with E-state index in [4.69, 9.17) is 27.6 Å². The average Bonchev–Trinajstić information content (AvgIpc) is 3.05. The van der Waals surface area contributed by atoms with E-state index in [2.05, 4.69) is 26.6 Å². The Hall–Kier alpha value is -2.28. The number of hydrogen-bond acceptors (Lipinski definition) is 3. The van der Waals surface area contributed by atoms with Crippen molar-refractivity contribution >= 4 is 62.3 Å². The number of amides is 2. The first-order chi connectivity index (χ1) is 12.4. The number of halogens is 3. The highest BCUT2D eigenvalue weighted by Gasteiger charge is 2.11. The fraction of sp³-hybridized carbons (Fsp3) is 0. The van der Waals surface area contributed by atoms with Gasteiger partial charge in [-0.2, -0.15) is 0 Å². The number of benzene rings is 2. The molecule has 0 unspecified atom stereocenters. The van der Waals surface area contributed by atoms with Crippen molar-refractivity contribution in [1.82, 2.24) is 0 Å². The van der Waals surface area contributed by atoms with Gasteiger partial charge in [-0.15, -0.1) is 0 Å². The van der Waals surface area contributed by atoms with Crippen LogP contribution in [0.25, 0.3) is 0 Å². The lowest BCUT2D eigenvalue weighted by Crippen LogP contribution is -2.13. The van der Waals surface area contributed by atoms with Crippen molar-refractivity contribution in [3.05, 3.63) is 80.6 Å². The van der Waals surface area contributed by atoms with Gasteiger partial charge in [0.1, 0.15) is 0 Å². The van der Waals surface area contributed by atoms with Gasteiger partial charge in [0.2, 0.25) is 0 Å². The lowest BCUT2D eigenvalue weighted by molar-refractivity contribution is 0.0993. The number of rotatable bonds is 4. The zero-order valence-electron chi connectivity index (χ0n) is 13.1. The first-order valence-electron chi connectivity index (χ1n) is 7.35. The first kappa shape index (κ1) is 18.5. The molecular formula is C18H11BrCl2N2O3. The maximum Gasteiger partial charge on any atom is 0.291 e. The number of furan rings is 1. The Morgan fingerprint density at radius 1 is 0.808 bits per heavy atom. The third kappa shape index (κ3) is 4.46. The third-order valence-corrected chi connectivity index (χ3v) is 4.54. The molecule has 3 aromatic rings. The number of carbonyl (C=O) groups excluding carboxylic acids is 2. The molecule has 1 heterocycles. The maximum atomic E-state index is 12.2. The van der Waals surface area contributed by atoms with Gasteiger partial charge in [0, 0.05) is 16.9 Å². The molecule has 0 bridgehead atoms. The maximum absolute atomic E-state index is 12.2. The summed E-state index contributed by atoms with van der Waals surface area (Å²) in [5.74, 6) is -0.502. The van der Waals surface area contributed by atoms with Gasteiger partial charge in [-0.3, -0.25) is 9.59 Å². The van der Waals surface area contributed by atoms with E-state index < -0.39 is 0 Å². The summed E-state index contributed by atoms with van der Waals surface area (Å²) in [5.41, 5.74) is 1.52. The van der Waals surface area contributed by atoms with Crippen LogP contribution in [0, 0.1) is 0 Å². The number of nitrogens with one attached hydrogen (secondary N) is 2. The van der Waals surface area contributed by atoms with Crippen LogP contribution in [-0.4, -0.2) is 11.8 Å². The quantitative estimate of drug-likeness (QED) is 0.520. The highest BCUT2D eigenvalue weighted by molar-refractivity contribution is 9.10. The molecule has 0 saturated heterocycles. The Bertz CT molecular complexity index is 971. The summed E-state index contributed by atoms with van der Waals surface area (Å²) in [5, 5.41) is 6.13. The van der Waals surface area contributed by atoms with E-state index in [-0.39, 0.29) is 17.6 Å². The van der Waals surface area contributed by atoms with Gasteiger partial charge in [0.15, 0.2) is 10.4 Å². The molecular weight excluding hydrogens is 443 g/mol. The van der Waals surface area contributed by atoms with Crippen LogP contribution >= 0.6 is 39.1 Å².